The fourth-order valence-corrected chi connectivity index (χ4v) is 1.28. The van der Waals surface area contributed by atoms with Gasteiger partial charge in [-0.1, -0.05) is 0 Å². The van der Waals surface area contributed by atoms with Gasteiger partial charge in [-0.2, -0.15) is 0 Å². The van der Waals surface area contributed by atoms with Gasteiger partial charge < -0.3 is 20.5 Å². The average Bonchev–Trinajstić information content (AvgIpc) is 2.30. The van der Waals surface area contributed by atoms with Gasteiger partial charge in [0.15, 0.2) is 0 Å². The van der Waals surface area contributed by atoms with Crippen molar-refractivity contribution in [3.05, 3.63) is 23.8 Å². The minimum Gasteiger partial charge on any atom is -0.465 e. The lowest BCUT2D eigenvalue weighted by atomic mass is 10.1. The Bertz CT molecular complexity index is 366. The maximum atomic E-state index is 11.5. The molecule has 0 heterocycles. The Morgan fingerprint density at radius 2 is 2.19 bits per heavy atom. The van der Waals surface area contributed by atoms with Crippen molar-refractivity contribution in [2.45, 2.75) is 0 Å². The molecule has 0 atom stereocenters. The van der Waals surface area contributed by atoms with Crippen LogP contribution in [0.4, 0.5) is 11.4 Å². The van der Waals surface area contributed by atoms with E-state index in [1.54, 1.807) is 25.3 Å². The maximum absolute atomic E-state index is 11.5. The van der Waals surface area contributed by atoms with Gasteiger partial charge in [0.05, 0.1) is 19.3 Å². The Hall–Kier alpha value is -1.75. The Labute approximate surface area is 94.5 Å². The van der Waals surface area contributed by atoms with E-state index in [0.29, 0.717) is 30.1 Å². The van der Waals surface area contributed by atoms with Crippen molar-refractivity contribution in [3.63, 3.8) is 0 Å². The van der Waals surface area contributed by atoms with Crippen LogP contribution in [0.3, 0.4) is 0 Å². The van der Waals surface area contributed by atoms with Gasteiger partial charge in [0.25, 0.3) is 0 Å². The molecule has 0 aliphatic carbocycles. The molecule has 1 rings (SSSR count). The summed E-state index contributed by atoms with van der Waals surface area (Å²) in [4.78, 5) is 11.5. The highest BCUT2D eigenvalue weighted by Gasteiger charge is 2.11. The van der Waals surface area contributed by atoms with Crippen LogP contribution in [0.25, 0.3) is 0 Å². The zero-order valence-corrected chi connectivity index (χ0v) is 9.45. The summed E-state index contributed by atoms with van der Waals surface area (Å²) in [6.07, 6.45) is 0. The van der Waals surface area contributed by atoms with Gasteiger partial charge in [-0.3, -0.25) is 0 Å². The number of nitrogens with two attached hydrogens (primary N) is 1. The highest BCUT2D eigenvalue weighted by atomic mass is 16.5. The molecule has 0 aliphatic heterocycles. The first kappa shape index (κ1) is 12.3. The lowest BCUT2D eigenvalue weighted by Gasteiger charge is -2.10. The summed E-state index contributed by atoms with van der Waals surface area (Å²) in [7, 11) is 2.95. The SMILES string of the molecule is COCCNc1ccc(N)cc1C(=O)OC. The van der Waals surface area contributed by atoms with Crippen LogP contribution in [-0.2, 0) is 9.47 Å². The van der Waals surface area contributed by atoms with Crippen molar-refractivity contribution < 1.29 is 14.3 Å². The summed E-state index contributed by atoms with van der Waals surface area (Å²) in [5.41, 5.74) is 7.26. The topological polar surface area (TPSA) is 73.6 Å². The lowest BCUT2D eigenvalue weighted by molar-refractivity contribution is 0.0602. The molecular weight excluding hydrogens is 208 g/mol. The van der Waals surface area contributed by atoms with E-state index in [2.05, 4.69) is 10.1 Å². The molecule has 1 aromatic rings. The number of nitrogen functional groups attached to an aromatic ring is 1. The summed E-state index contributed by atoms with van der Waals surface area (Å²) >= 11 is 0. The molecule has 88 valence electrons. The van der Waals surface area contributed by atoms with E-state index in [1.165, 1.54) is 7.11 Å². The second-order valence-corrected chi connectivity index (χ2v) is 3.22. The quantitative estimate of drug-likeness (QED) is 0.445. The van der Waals surface area contributed by atoms with E-state index in [0.717, 1.165) is 0 Å². The molecule has 5 heteroatoms. The molecule has 5 nitrogen and oxygen atoms in total. The smallest absolute Gasteiger partial charge is 0.340 e. The number of methoxy groups -OCH3 is 2. The summed E-state index contributed by atoms with van der Waals surface area (Å²) < 4.78 is 9.58. The fraction of sp³-hybridized carbons (Fsp3) is 0.364. The number of anilines is 2. The van der Waals surface area contributed by atoms with Crippen molar-refractivity contribution >= 4 is 17.3 Å². The minimum atomic E-state index is -0.410. The standard InChI is InChI=1S/C11H16N2O3/c1-15-6-5-13-10-4-3-8(12)7-9(10)11(14)16-2/h3-4,7,13H,5-6,12H2,1-2H3. The summed E-state index contributed by atoms with van der Waals surface area (Å²) in [5.74, 6) is -0.410. The van der Waals surface area contributed by atoms with E-state index in [9.17, 15) is 4.79 Å². The van der Waals surface area contributed by atoms with Gasteiger partial charge in [-0.15, -0.1) is 0 Å². The second-order valence-electron chi connectivity index (χ2n) is 3.22. The molecule has 0 spiro atoms. The number of ether oxygens (including phenoxy) is 2. The van der Waals surface area contributed by atoms with E-state index in [-0.39, 0.29) is 0 Å². The largest absolute Gasteiger partial charge is 0.465 e. The molecular formula is C11H16N2O3. The van der Waals surface area contributed by atoms with Crippen LogP contribution in [0.2, 0.25) is 0 Å². The predicted octanol–water partition coefficient (Wildman–Crippen LogP) is 1.11. The number of carbonyl (C=O) groups is 1. The molecule has 16 heavy (non-hydrogen) atoms. The molecule has 0 saturated heterocycles. The molecule has 0 saturated carbocycles. The Morgan fingerprint density at radius 3 is 2.81 bits per heavy atom. The average molecular weight is 224 g/mol. The van der Waals surface area contributed by atoms with Crippen LogP contribution in [0.15, 0.2) is 18.2 Å². The molecule has 0 bridgehead atoms. The van der Waals surface area contributed by atoms with E-state index < -0.39 is 5.97 Å². The summed E-state index contributed by atoms with van der Waals surface area (Å²) in [6, 6.07) is 5.06. The number of benzene rings is 1. The third kappa shape index (κ3) is 3.13. The third-order valence-corrected chi connectivity index (χ3v) is 2.07. The molecule has 0 amide bonds. The maximum Gasteiger partial charge on any atom is 0.340 e. The van der Waals surface area contributed by atoms with Gasteiger partial charge >= 0.3 is 5.97 Å². The number of carbonyl (C=O) groups excluding carboxylic acids is 1. The van der Waals surface area contributed by atoms with Gasteiger partial charge in [0.1, 0.15) is 0 Å². The summed E-state index contributed by atoms with van der Waals surface area (Å²) in [6.45, 7) is 1.18. The number of rotatable bonds is 5. The third-order valence-electron chi connectivity index (χ3n) is 2.07. The van der Waals surface area contributed by atoms with Crippen LogP contribution in [0.1, 0.15) is 10.4 Å². The number of hydrogen-bond acceptors (Lipinski definition) is 5. The molecule has 0 aliphatic rings. The van der Waals surface area contributed by atoms with Crippen LogP contribution in [-0.4, -0.2) is 33.3 Å². The van der Waals surface area contributed by atoms with Crippen molar-refractivity contribution in [3.8, 4) is 0 Å². The van der Waals surface area contributed by atoms with Crippen LogP contribution >= 0.6 is 0 Å². The molecule has 0 radical (unpaired) electrons. The zero-order valence-electron chi connectivity index (χ0n) is 9.45. The van der Waals surface area contributed by atoms with Gasteiger partial charge in [-0.05, 0) is 18.2 Å². The predicted molar refractivity (Wildman–Crippen MR) is 62.6 cm³/mol. The molecule has 3 N–H and O–H groups in total. The number of nitrogens with one attached hydrogen (secondary N) is 1. The fourth-order valence-electron chi connectivity index (χ4n) is 1.28. The molecule has 0 fully saturated rings. The van der Waals surface area contributed by atoms with Gasteiger partial charge in [0.2, 0.25) is 0 Å². The lowest BCUT2D eigenvalue weighted by Crippen LogP contribution is -2.12. The summed E-state index contributed by atoms with van der Waals surface area (Å²) in [5, 5.41) is 3.08. The van der Waals surface area contributed by atoms with Crippen LogP contribution in [0, 0.1) is 0 Å². The highest BCUT2D eigenvalue weighted by Crippen LogP contribution is 2.19. The first-order valence-electron chi connectivity index (χ1n) is 4.89. The number of hydrogen-bond donors (Lipinski definition) is 2. The van der Waals surface area contributed by atoms with Crippen LogP contribution < -0.4 is 11.1 Å². The zero-order chi connectivity index (χ0) is 12.0. The van der Waals surface area contributed by atoms with Crippen molar-refractivity contribution in [2.24, 2.45) is 0 Å². The molecule has 1 aromatic carbocycles. The van der Waals surface area contributed by atoms with E-state index in [1.807, 2.05) is 0 Å². The molecule has 0 aromatic heterocycles. The van der Waals surface area contributed by atoms with E-state index in [4.69, 9.17) is 10.5 Å². The normalized spacial score (nSPS) is 9.88. The van der Waals surface area contributed by atoms with Crippen molar-refractivity contribution in [2.75, 3.05) is 38.4 Å². The van der Waals surface area contributed by atoms with Crippen LogP contribution in [0.5, 0.6) is 0 Å². The van der Waals surface area contributed by atoms with Crippen molar-refractivity contribution in [1.29, 1.82) is 0 Å². The Balaban J connectivity index is 2.85. The first-order chi connectivity index (χ1) is 7.69. The van der Waals surface area contributed by atoms with Crippen molar-refractivity contribution in [1.82, 2.24) is 0 Å². The Kier molecular flexibility index (Phi) is 4.60. The monoisotopic (exact) mass is 224 g/mol. The first-order valence-corrected chi connectivity index (χ1v) is 4.89. The second kappa shape index (κ2) is 5.97. The highest BCUT2D eigenvalue weighted by molar-refractivity contribution is 5.96. The molecule has 0 unspecified atom stereocenters. The van der Waals surface area contributed by atoms with Gasteiger partial charge in [-0.25, -0.2) is 4.79 Å². The number of esters is 1. The Morgan fingerprint density at radius 1 is 1.44 bits per heavy atom. The van der Waals surface area contributed by atoms with E-state index >= 15 is 0 Å². The minimum absolute atomic E-state index is 0.410. The van der Waals surface area contributed by atoms with Gasteiger partial charge in [0, 0.05) is 25.0 Å².